The summed E-state index contributed by atoms with van der Waals surface area (Å²) < 4.78 is 8.57. The number of benzene rings is 2. The first kappa shape index (κ1) is 20.7. The zero-order valence-corrected chi connectivity index (χ0v) is 18.4. The smallest absolute Gasteiger partial charge is 0.368 e. The van der Waals surface area contributed by atoms with Gasteiger partial charge in [0.15, 0.2) is 10.8 Å². The quantitative estimate of drug-likeness (QED) is 0.431. The normalized spacial score (nSPS) is 11.0. The summed E-state index contributed by atoms with van der Waals surface area (Å²) in [6.45, 7) is 5.72. The van der Waals surface area contributed by atoms with Crippen molar-refractivity contribution in [2.45, 2.75) is 27.4 Å². The van der Waals surface area contributed by atoms with Crippen LogP contribution in [0.3, 0.4) is 0 Å². The molecular formula is C22H21N5O3S. The van der Waals surface area contributed by atoms with Crippen molar-refractivity contribution < 1.29 is 9.53 Å². The van der Waals surface area contributed by atoms with Gasteiger partial charge in [-0.15, -0.1) is 11.3 Å². The maximum Gasteiger partial charge on any atom is 0.368 e. The molecule has 0 aliphatic carbocycles. The summed E-state index contributed by atoms with van der Waals surface area (Å²) >= 11 is 1.34. The zero-order chi connectivity index (χ0) is 22.1. The van der Waals surface area contributed by atoms with Crippen LogP contribution in [-0.2, 0) is 13.7 Å². The van der Waals surface area contributed by atoms with Crippen LogP contribution in [0.25, 0.3) is 16.9 Å². The lowest BCUT2D eigenvalue weighted by atomic mass is 10.1. The molecule has 0 saturated carbocycles. The van der Waals surface area contributed by atoms with Gasteiger partial charge >= 0.3 is 5.69 Å². The van der Waals surface area contributed by atoms with E-state index in [1.54, 1.807) is 7.05 Å². The molecule has 0 aliphatic rings. The van der Waals surface area contributed by atoms with E-state index >= 15 is 0 Å². The van der Waals surface area contributed by atoms with Crippen LogP contribution in [-0.4, -0.2) is 30.6 Å². The summed E-state index contributed by atoms with van der Waals surface area (Å²) in [4.78, 5) is 28.2. The van der Waals surface area contributed by atoms with E-state index in [2.05, 4.69) is 15.4 Å². The van der Waals surface area contributed by atoms with Crippen molar-refractivity contribution in [2.24, 2.45) is 7.05 Å². The molecule has 4 aromatic rings. The van der Waals surface area contributed by atoms with Gasteiger partial charge in [-0.1, -0.05) is 12.1 Å². The van der Waals surface area contributed by atoms with Crippen LogP contribution < -0.4 is 10.4 Å². The fourth-order valence-electron chi connectivity index (χ4n) is 3.23. The third-order valence-electron chi connectivity index (χ3n) is 4.98. The number of ether oxygens (including phenoxy) is 1. The molecule has 0 unspecified atom stereocenters. The maximum atomic E-state index is 12.3. The third kappa shape index (κ3) is 4.04. The summed E-state index contributed by atoms with van der Waals surface area (Å²) in [6.07, 6.45) is 0. The number of carbonyl (C=O) groups excluding carboxylic acids is 1. The van der Waals surface area contributed by atoms with Crippen LogP contribution in [0, 0.1) is 13.8 Å². The molecule has 2 heterocycles. The average Bonchev–Trinajstić information content (AvgIpc) is 3.36. The van der Waals surface area contributed by atoms with Crippen LogP contribution in [0.1, 0.15) is 33.4 Å². The van der Waals surface area contributed by atoms with Crippen LogP contribution in [0.2, 0.25) is 0 Å². The van der Waals surface area contributed by atoms with E-state index in [1.165, 1.54) is 27.6 Å². The van der Waals surface area contributed by atoms with Crippen LogP contribution in [0.4, 0.5) is 0 Å². The van der Waals surface area contributed by atoms with Gasteiger partial charge in [-0.05, 0) is 59.7 Å². The van der Waals surface area contributed by atoms with Crippen LogP contribution in [0.5, 0.6) is 5.75 Å². The molecule has 0 radical (unpaired) electrons. The Hall–Kier alpha value is -3.59. The third-order valence-corrected chi connectivity index (χ3v) is 5.93. The topological polar surface area (TPSA) is 91.9 Å². The number of ketones is 1. The molecule has 9 heteroatoms. The molecule has 0 saturated heterocycles. The molecule has 0 N–H and O–H groups in total. The lowest BCUT2D eigenvalue weighted by Gasteiger charge is -2.14. The highest BCUT2D eigenvalue weighted by Crippen LogP contribution is 2.28. The van der Waals surface area contributed by atoms with Gasteiger partial charge in [-0.25, -0.2) is 9.78 Å². The van der Waals surface area contributed by atoms with Crippen molar-refractivity contribution in [2.75, 3.05) is 0 Å². The number of hydrogen-bond donors (Lipinski definition) is 0. The molecule has 8 nitrogen and oxygen atoms in total. The highest BCUT2D eigenvalue weighted by atomic mass is 32.1. The first-order valence-corrected chi connectivity index (χ1v) is 10.5. The molecule has 2 aromatic carbocycles. The molecule has 0 amide bonds. The number of tetrazole rings is 1. The maximum absolute atomic E-state index is 12.3. The second kappa shape index (κ2) is 8.27. The van der Waals surface area contributed by atoms with Gasteiger partial charge in [0.25, 0.3) is 0 Å². The fraction of sp³-hybridized carbons (Fsp3) is 0.227. The van der Waals surface area contributed by atoms with Gasteiger partial charge in [-0.3, -0.25) is 4.79 Å². The second-order valence-electron chi connectivity index (χ2n) is 7.23. The Kier molecular flexibility index (Phi) is 5.51. The predicted molar refractivity (Wildman–Crippen MR) is 118 cm³/mol. The SMILES string of the molecule is CC(=O)c1nc(-c2ccc(OCc3c(C)cccc3-n3nnn(C)c3=O)c(C)c2)cs1. The van der Waals surface area contributed by atoms with E-state index in [0.717, 1.165) is 33.7 Å². The minimum Gasteiger partial charge on any atom is -0.489 e. The highest BCUT2D eigenvalue weighted by Gasteiger charge is 2.15. The number of hydrogen-bond acceptors (Lipinski definition) is 7. The molecule has 31 heavy (non-hydrogen) atoms. The predicted octanol–water partition coefficient (Wildman–Crippen LogP) is 3.49. The Morgan fingerprint density at radius 3 is 2.58 bits per heavy atom. The van der Waals surface area contributed by atoms with E-state index < -0.39 is 0 Å². The summed E-state index contributed by atoms with van der Waals surface area (Å²) in [5.74, 6) is 0.690. The molecular weight excluding hydrogens is 414 g/mol. The molecule has 0 fully saturated rings. The van der Waals surface area contributed by atoms with Gasteiger partial charge in [0.1, 0.15) is 12.4 Å². The summed E-state index contributed by atoms with van der Waals surface area (Å²) in [6, 6.07) is 11.5. The molecule has 0 aliphatic heterocycles. The molecule has 158 valence electrons. The monoisotopic (exact) mass is 435 g/mol. The van der Waals surface area contributed by atoms with E-state index in [0.29, 0.717) is 10.7 Å². The van der Waals surface area contributed by atoms with E-state index in [4.69, 9.17) is 4.74 Å². The van der Waals surface area contributed by atoms with Crippen molar-refractivity contribution in [3.63, 3.8) is 0 Å². The molecule has 2 aromatic heterocycles. The van der Waals surface area contributed by atoms with Crippen molar-refractivity contribution in [1.82, 2.24) is 24.8 Å². The van der Waals surface area contributed by atoms with Crippen LogP contribution in [0.15, 0.2) is 46.6 Å². The largest absolute Gasteiger partial charge is 0.489 e. The minimum atomic E-state index is -0.319. The summed E-state index contributed by atoms with van der Waals surface area (Å²) in [5.41, 5.74) is 4.82. The number of thiazole rings is 1. The number of aryl methyl sites for hydroxylation is 3. The molecule has 0 atom stereocenters. The van der Waals surface area contributed by atoms with Gasteiger partial charge in [0, 0.05) is 30.5 Å². The lowest BCUT2D eigenvalue weighted by Crippen LogP contribution is -2.23. The number of Topliss-reactive ketones (excluding diaryl/α,β-unsaturated/α-hetero) is 1. The van der Waals surface area contributed by atoms with Crippen molar-refractivity contribution >= 4 is 17.1 Å². The fourth-order valence-corrected chi connectivity index (χ4v) is 3.96. The van der Waals surface area contributed by atoms with Crippen molar-refractivity contribution in [3.8, 4) is 22.7 Å². The first-order chi connectivity index (χ1) is 14.8. The van der Waals surface area contributed by atoms with E-state index in [9.17, 15) is 9.59 Å². The van der Waals surface area contributed by atoms with Crippen molar-refractivity contribution in [3.05, 3.63) is 74.0 Å². The number of aromatic nitrogens is 5. The first-order valence-electron chi connectivity index (χ1n) is 9.63. The number of nitrogens with zero attached hydrogens (tertiary/aromatic N) is 5. The van der Waals surface area contributed by atoms with E-state index in [1.807, 2.05) is 55.6 Å². The summed E-state index contributed by atoms with van der Waals surface area (Å²) in [7, 11) is 1.56. The molecule has 0 spiro atoms. The number of carbonyl (C=O) groups is 1. The number of rotatable bonds is 6. The Morgan fingerprint density at radius 1 is 1.13 bits per heavy atom. The van der Waals surface area contributed by atoms with Gasteiger partial charge in [0.05, 0.1) is 11.4 Å². The Balaban J connectivity index is 1.59. The van der Waals surface area contributed by atoms with Gasteiger partial charge in [-0.2, -0.15) is 9.36 Å². The van der Waals surface area contributed by atoms with E-state index in [-0.39, 0.29) is 18.1 Å². The highest BCUT2D eigenvalue weighted by molar-refractivity contribution is 7.12. The van der Waals surface area contributed by atoms with Gasteiger partial charge < -0.3 is 4.74 Å². The van der Waals surface area contributed by atoms with Gasteiger partial charge in [0.2, 0.25) is 0 Å². The minimum absolute atomic E-state index is 0.0378. The standard InChI is InChI=1S/C22H21N5O3S/c1-13-6-5-7-19(27-22(29)26(4)24-25-27)17(13)11-30-20-9-8-16(10-14(20)2)18-12-31-21(23-18)15(3)28/h5-10,12H,11H2,1-4H3. The average molecular weight is 436 g/mol. The van der Waals surface area contributed by atoms with Crippen LogP contribution >= 0.6 is 11.3 Å². The summed E-state index contributed by atoms with van der Waals surface area (Å²) in [5, 5.41) is 10.1. The molecule has 0 bridgehead atoms. The lowest BCUT2D eigenvalue weighted by molar-refractivity contribution is 0.101. The Bertz CT molecular complexity index is 1340. The molecule has 4 rings (SSSR count). The zero-order valence-electron chi connectivity index (χ0n) is 17.6. The Morgan fingerprint density at radius 2 is 1.94 bits per heavy atom. The Labute approximate surface area is 182 Å². The van der Waals surface area contributed by atoms with Crippen molar-refractivity contribution in [1.29, 1.82) is 0 Å². The second-order valence-corrected chi connectivity index (χ2v) is 8.09.